The topological polar surface area (TPSA) is 144 Å². The Balaban J connectivity index is 1.35. The predicted octanol–water partition coefficient (Wildman–Crippen LogP) is 2.52. The summed E-state index contributed by atoms with van der Waals surface area (Å²) < 4.78 is 26.7. The van der Waals surface area contributed by atoms with E-state index in [2.05, 4.69) is 43.0 Å². The molecule has 1 fully saturated rings. The van der Waals surface area contributed by atoms with Crippen LogP contribution in [0.5, 0.6) is 0 Å². The number of nitrogens with two attached hydrogens (primary N) is 1. The lowest BCUT2D eigenvalue weighted by Crippen LogP contribution is -2.24. The van der Waals surface area contributed by atoms with E-state index in [4.69, 9.17) is 5.14 Å². The highest BCUT2D eigenvalue weighted by molar-refractivity contribution is 7.84. The van der Waals surface area contributed by atoms with Crippen molar-refractivity contribution >= 4 is 33.2 Å². The van der Waals surface area contributed by atoms with Gasteiger partial charge in [0.15, 0.2) is 5.78 Å². The number of aliphatic hydroxyl groups excluding tert-OH is 1. The van der Waals surface area contributed by atoms with E-state index in [-0.39, 0.29) is 24.9 Å². The Morgan fingerprint density at radius 1 is 1.20 bits per heavy atom. The summed E-state index contributed by atoms with van der Waals surface area (Å²) in [5.74, 6) is -0.0967. The molecule has 1 aliphatic carbocycles. The number of Topliss-reactive ketones (excluding diaryl/α,β-unsaturated/α-hetero) is 1. The standard InChI is InChI=1S/C24H28N4O5S2/c25-35(31,32)33-13-18-9-19(10-22(18)29)28-24-21(12-26-15-27-24)23(30)11-20-8-17(14-34-20)7-6-16-4-2-1-3-5-16/h1-5,8,12,14-15,18-19,22,29H,6-7,9-11,13H2,(H2,25,31,32)(H,26,27,28)/t18-,19-,22+/m1/s1. The molecule has 3 atom stereocenters. The fraction of sp³-hybridized carbons (Fsp3) is 0.375. The number of anilines is 1. The van der Waals surface area contributed by atoms with Crippen LogP contribution < -0.4 is 10.5 Å². The van der Waals surface area contributed by atoms with Crippen molar-refractivity contribution in [3.63, 3.8) is 0 Å². The Bertz CT molecular complexity index is 1250. The monoisotopic (exact) mass is 516 g/mol. The van der Waals surface area contributed by atoms with E-state index in [0.717, 1.165) is 17.7 Å². The Morgan fingerprint density at radius 3 is 2.74 bits per heavy atom. The molecule has 11 heteroatoms. The van der Waals surface area contributed by atoms with Crippen molar-refractivity contribution < 1.29 is 22.5 Å². The molecule has 1 saturated carbocycles. The van der Waals surface area contributed by atoms with Gasteiger partial charge in [0, 0.05) is 29.5 Å². The van der Waals surface area contributed by atoms with Crippen molar-refractivity contribution in [2.75, 3.05) is 11.9 Å². The molecule has 9 nitrogen and oxygen atoms in total. The molecule has 0 saturated heterocycles. The highest BCUT2D eigenvalue weighted by Gasteiger charge is 2.34. The summed E-state index contributed by atoms with van der Waals surface area (Å²) in [4.78, 5) is 22.3. The number of aryl methyl sites for hydroxylation is 2. The first kappa shape index (κ1) is 25.4. The van der Waals surface area contributed by atoms with Crippen LogP contribution in [0.15, 0.2) is 54.3 Å². The number of benzene rings is 1. The molecular formula is C24H28N4O5S2. The number of aromatic nitrogens is 2. The molecule has 0 radical (unpaired) electrons. The number of hydrogen-bond acceptors (Lipinski definition) is 9. The molecule has 1 aliphatic rings. The van der Waals surface area contributed by atoms with E-state index < -0.39 is 22.3 Å². The summed E-state index contributed by atoms with van der Waals surface area (Å²) in [6, 6.07) is 12.2. The summed E-state index contributed by atoms with van der Waals surface area (Å²) in [6.07, 6.45) is 5.02. The zero-order valence-corrected chi connectivity index (χ0v) is 20.7. The first-order chi connectivity index (χ1) is 16.8. The highest BCUT2D eigenvalue weighted by Crippen LogP contribution is 2.30. The second-order valence-electron chi connectivity index (χ2n) is 8.71. The Kier molecular flexibility index (Phi) is 8.24. The minimum Gasteiger partial charge on any atom is -0.393 e. The lowest BCUT2D eigenvalue weighted by Gasteiger charge is -2.15. The molecular weight excluding hydrogens is 488 g/mol. The van der Waals surface area contributed by atoms with E-state index in [0.29, 0.717) is 24.2 Å². The first-order valence-electron chi connectivity index (χ1n) is 11.3. The maximum absolute atomic E-state index is 13.1. The number of ketones is 1. The molecule has 3 aromatic rings. The average Bonchev–Trinajstić information content (AvgIpc) is 3.42. The van der Waals surface area contributed by atoms with Gasteiger partial charge in [0.1, 0.15) is 12.1 Å². The van der Waals surface area contributed by atoms with E-state index >= 15 is 0 Å². The molecule has 2 heterocycles. The number of nitrogens with one attached hydrogen (secondary N) is 1. The Morgan fingerprint density at radius 2 is 1.97 bits per heavy atom. The van der Waals surface area contributed by atoms with Crippen LogP contribution in [0.2, 0.25) is 0 Å². The number of carbonyl (C=O) groups excluding carboxylic acids is 1. The summed E-state index contributed by atoms with van der Waals surface area (Å²) in [5.41, 5.74) is 2.87. The smallest absolute Gasteiger partial charge is 0.333 e. The summed E-state index contributed by atoms with van der Waals surface area (Å²) in [5, 5.41) is 20.5. The van der Waals surface area contributed by atoms with Gasteiger partial charge in [-0.15, -0.1) is 11.3 Å². The van der Waals surface area contributed by atoms with Crippen LogP contribution in [0.1, 0.15) is 39.2 Å². The predicted molar refractivity (Wildman–Crippen MR) is 133 cm³/mol. The molecule has 0 aliphatic heterocycles. The van der Waals surface area contributed by atoms with Gasteiger partial charge in [-0.1, -0.05) is 30.3 Å². The number of rotatable bonds is 11. The van der Waals surface area contributed by atoms with Crippen LogP contribution in [0.4, 0.5) is 5.82 Å². The third-order valence-corrected chi connectivity index (χ3v) is 7.50. The third-order valence-electron chi connectivity index (χ3n) is 6.05. The van der Waals surface area contributed by atoms with Gasteiger partial charge >= 0.3 is 10.3 Å². The second kappa shape index (κ2) is 11.4. The number of carbonyl (C=O) groups is 1. The zero-order chi connectivity index (χ0) is 24.8. The fourth-order valence-corrected chi connectivity index (χ4v) is 5.55. The van der Waals surface area contributed by atoms with Crippen molar-refractivity contribution in [1.29, 1.82) is 0 Å². The van der Waals surface area contributed by atoms with E-state index in [1.54, 1.807) is 11.3 Å². The number of aliphatic hydroxyl groups is 1. The molecule has 0 bridgehead atoms. The fourth-order valence-electron chi connectivity index (χ4n) is 4.26. The van der Waals surface area contributed by atoms with E-state index in [1.807, 2.05) is 18.2 Å². The van der Waals surface area contributed by atoms with Crippen molar-refractivity contribution in [2.24, 2.45) is 11.1 Å². The van der Waals surface area contributed by atoms with E-state index in [1.165, 1.54) is 23.7 Å². The van der Waals surface area contributed by atoms with E-state index in [9.17, 15) is 18.3 Å². The normalized spacial score (nSPS) is 20.1. The lowest BCUT2D eigenvalue weighted by molar-refractivity contribution is 0.0992. The van der Waals surface area contributed by atoms with Gasteiger partial charge in [-0.3, -0.25) is 8.98 Å². The average molecular weight is 517 g/mol. The van der Waals surface area contributed by atoms with Gasteiger partial charge in [0.2, 0.25) is 0 Å². The van der Waals surface area contributed by atoms with Gasteiger partial charge in [-0.2, -0.15) is 8.42 Å². The number of hydrogen-bond donors (Lipinski definition) is 3. The molecule has 0 spiro atoms. The second-order valence-corrected chi connectivity index (χ2v) is 10.9. The Hall–Kier alpha value is -2.70. The molecule has 35 heavy (non-hydrogen) atoms. The van der Waals surface area contributed by atoms with Crippen LogP contribution in [-0.4, -0.2) is 48.0 Å². The molecule has 0 unspecified atom stereocenters. The molecule has 4 N–H and O–H groups in total. The summed E-state index contributed by atoms with van der Waals surface area (Å²) in [7, 11) is -4.07. The van der Waals surface area contributed by atoms with Crippen molar-refractivity contribution in [1.82, 2.24) is 9.97 Å². The zero-order valence-electron chi connectivity index (χ0n) is 19.0. The van der Waals surface area contributed by atoms with Crippen molar-refractivity contribution in [2.45, 2.75) is 44.2 Å². The van der Waals surface area contributed by atoms with Crippen LogP contribution in [0.3, 0.4) is 0 Å². The van der Waals surface area contributed by atoms with Crippen LogP contribution in [0.25, 0.3) is 0 Å². The quantitative estimate of drug-likeness (QED) is 0.330. The van der Waals surface area contributed by atoms with Crippen LogP contribution >= 0.6 is 11.3 Å². The SMILES string of the molecule is NS(=O)(=O)OC[C@H]1C[C@@H](Nc2ncncc2C(=O)Cc2cc(CCc3ccccc3)cs2)C[C@@H]1O. The van der Waals surface area contributed by atoms with Crippen LogP contribution in [-0.2, 0) is 33.7 Å². The lowest BCUT2D eigenvalue weighted by atomic mass is 10.1. The molecule has 1 aromatic carbocycles. The van der Waals surface area contributed by atoms with Gasteiger partial charge in [0.25, 0.3) is 0 Å². The highest BCUT2D eigenvalue weighted by atomic mass is 32.2. The maximum atomic E-state index is 13.1. The molecule has 2 aromatic heterocycles. The third kappa shape index (κ3) is 7.39. The van der Waals surface area contributed by atoms with Gasteiger partial charge in [-0.05, 0) is 48.3 Å². The number of thiophene rings is 1. The van der Waals surface area contributed by atoms with Crippen molar-refractivity contribution in [3.8, 4) is 0 Å². The van der Waals surface area contributed by atoms with Crippen LogP contribution in [0, 0.1) is 5.92 Å². The Labute approximate surface area is 208 Å². The summed E-state index contributed by atoms with van der Waals surface area (Å²) in [6.45, 7) is -0.196. The van der Waals surface area contributed by atoms with Gasteiger partial charge in [-0.25, -0.2) is 15.1 Å². The van der Waals surface area contributed by atoms with Crippen molar-refractivity contribution in [3.05, 3.63) is 75.9 Å². The number of nitrogens with zero attached hydrogens (tertiary/aromatic N) is 2. The minimum absolute atomic E-state index is 0.0998. The van der Waals surface area contributed by atoms with Gasteiger partial charge < -0.3 is 10.4 Å². The first-order valence-corrected chi connectivity index (χ1v) is 13.7. The van der Waals surface area contributed by atoms with Gasteiger partial charge in [0.05, 0.1) is 18.3 Å². The largest absolute Gasteiger partial charge is 0.393 e. The molecule has 0 amide bonds. The molecule has 4 rings (SSSR count). The molecule has 186 valence electrons. The minimum atomic E-state index is -4.07. The summed E-state index contributed by atoms with van der Waals surface area (Å²) >= 11 is 1.57. The maximum Gasteiger partial charge on any atom is 0.333 e.